The van der Waals surface area contributed by atoms with Gasteiger partial charge in [0, 0.05) is 48.2 Å². The maximum Gasteiger partial charge on any atom is 0.174 e. The Morgan fingerprint density at radius 3 is 2.65 bits per heavy atom. The van der Waals surface area contributed by atoms with Crippen molar-refractivity contribution in [3.63, 3.8) is 0 Å². The molecule has 5 rings (SSSR count). The van der Waals surface area contributed by atoms with Gasteiger partial charge in [0.1, 0.15) is 11.4 Å². The van der Waals surface area contributed by atoms with Crippen molar-refractivity contribution in [2.45, 2.75) is 13.5 Å². The van der Waals surface area contributed by atoms with Crippen LogP contribution in [-0.4, -0.2) is 32.0 Å². The lowest BCUT2D eigenvalue weighted by Gasteiger charge is -2.12. The van der Waals surface area contributed by atoms with Crippen molar-refractivity contribution in [1.82, 2.24) is 24.9 Å². The molecule has 0 fully saturated rings. The van der Waals surface area contributed by atoms with Crippen molar-refractivity contribution in [3.8, 4) is 28.3 Å². The molecule has 0 atom stereocenters. The first-order valence-electron chi connectivity index (χ1n) is 10.7. The quantitative estimate of drug-likeness (QED) is 0.378. The molecule has 8 heteroatoms. The lowest BCUT2D eigenvalue weighted by molar-refractivity contribution is 0.414. The van der Waals surface area contributed by atoms with Gasteiger partial charge in [-0.05, 0) is 61.0 Å². The summed E-state index contributed by atoms with van der Waals surface area (Å²) in [7, 11) is 1.60. The summed E-state index contributed by atoms with van der Waals surface area (Å²) in [6, 6.07) is 14.6. The lowest BCUT2D eigenvalue weighted by Crippen LogP contribution is -2.06. The van der Waals surface area contributed by atoms with E-state index in [9.17, 15) is 0 Å². The van der Waals surface area contributed by atoms with Gasteiger partial charge in [-0.15, -0.1) is 0 Å². The summed E-state index contributed by atoms with van der Waals surface area (Å²) in [5.41, 5.74) is 5.70. The Morgan fingerprint density at radius 1 is 0.912 bits per heavy atom. The van der Waals surface area contributed by atoms with Gasteiger partial charge in [-0.3, -0.25) is 15.0 Å². The number of nitrogens with zero attached hydrogens (tertiary/aromatic N) is 5. The van der Waals surface area contributed by atoms with E-state index in [2.05, 4.69) is 30.2 Å². The van der Waals surface area contributed by atoms with Crippen molar-refractivity contribution in [2.75, 3.05) is 12.4 Å². The molecule has 0 saturated heterocycles. The summed E-state index contributed by atoms with van der Waals surface area (Å²) in [4.78, 5) is 21.8. The predicted octanol–water partition coefficient (Wildman–Crippen LogP) is 5.22. The first-order valence-corrected chi connectivity index (χ1v) is 10.7. The molecule has 0 spiro atoms. The molecular weight excluding hydrogens is 431 g/mol. The molecule has 34 heavy (non-hydrogen) atoms. The fraction of sp³-hybridized carbons (Fsp3) is 0.115. The molecule has 0 aromatic carbocycles. The molecule has 5 heterocycles. The van der Waals surface area contributed by atoms with Crippen LogP contribution in [0.25, 0.3) is 33.5 Å². The molecule has 5 aromatic rings. The van der Waals surface area contributed by atoms with Crippen molar-refractivity contribution in [3.05, 3.63) is 90.4 Å². The van der Waals surface area contributed by atoms with Crippen LogP contribution in [0.5, 0.6) is 5.75 Å². The fourth-order valence-corrected chi connectivity index (χ4v) is 3.70. The Bertz CT molecular complexity index is 1490. The maximum absolute atomic E-state index is 15.3. The van der Waals surface area contributed by atoms with Gasteiger partial charge in [-0.1, -0.05) is 0 Å². The van der Waals surface area contributed by atoms with Gasteiger partial charge in [-0.2, -0.15) is 0 Å². The molecule has 7 nitrogen and oxygen atoms in total. The standard InChI is InChI=1S/C26H21FN6O/c1-16-12-18(7-10-28-16)25-23(34-2)13-17(14-31-25)15-32-26-24(27)19(8-11-30-26)20-5-6-21-22(33-20)4-3-9-29-21/h3-14H,15H2,1-2H3,(H,30,32). The molecule has 0 aliphatic rings. The number of pyridine rings is 5. The molecule has 0 aliphatic carbocycles. The second-order valence-corrected chi connectivity index (χ2v) is 7.69. The minimum Gasteiger partial charge on any atom is -0.494 e. The average Bonchev–Trinajstić information content (AvgIpc) is 2.87. The topological polar surface area (TPSA) is 85.7 Å². The van der Waals surface area contributed by atoms with Crippen molar-refractivity contribution in [2.24, 2.45) is 0 Å². The van der Waals surface area contributed by atoms with E-state index < -0.39 is 5.82 Å². The van der Waals surface area contributed by atoms with E-state index in [1.54, 1.807) is 50.1 Å². The van der Waals surface area contributed by atoms with E-state index in [1.165, 1.54) is 0 Å². The largest absolute Gasteiger partial charge is 0.494 e. The number of ether oxygens (including phenoxy) is 1. The monoisotopic (exact) mass is 452 g/mol. The predicted molar refractivity (Wildman–Crippen MR) is 129 cm³/mol. The van der Waals surface area contributed by atoms with Crippen molar-refractivity contribution < 1.29 is 9.13 Å². The van der Waals surface area contributed by atoms with Crippen LogP contribution >= 0.6 is 0 Å². The number of halogens is 1. The zero-order valence-electron chi connectivity index (χ0n) is 18.7. The first-order chi connectivity index (χ1) is 16.6. The summed E-state index contributed by atoms with van der Waals surface area (Å²) >= 11 is 0. The summed E-state index contributed by atoms with van der Waals surface area (Å²) in [5.74, 6) is 0.293. The minimum atomic E-state index is -0.470. The zero-order valence-corrected chi connectivity index (χ0v) is 18.7. The Kier molecular flexibility index (Phi) is 5.78. The van der Waals surface area contributed by atoms with Crippen LogP contribution in [0.3, 0.4) is 0 Å². The van der Waals surface area contributed by atoms with Gasteiger partial charge < -0.3 is 10.1 Å². The Labute approximate surface area is 195 Å². The third-order valence-electron chi connectivity index (χ3n) is 5.38. The van der Waals surface area contributed by atoms with Crippen molar-refractivity contribution >= 4 is 16.9 Å². The van der Waals surface area contributed by atoms with E-state index >= 15 is 4.39 Å². The number of nitrogens with one attached hydrogen (secondary N) is 1. The smallest absolute Gasteiger partial charge is 0.174 e. The SMILES string of the molecule is COc1cc(CNc2nccc(-c3ccc4ncccc4n3)c2F)cnc1-c1ccnc(C)c1. The Hall–Kier alpha value is -4.46. The highest BCUT2D eigenvalue weighted by molar-refractivity contribution is 5.78. The van der Waals surface area contributed by atoms with E-state index in [4.69, 9.17) is 4.74 Å². The molecule has 168 valence electrons. The molecule has 0 radical (unpaired) electrons. The van der Waals surface area contributed by atoms with Crippen LogP contribution in [0.2, 0.25) is 0 Å². The van der Waals surface area contributed by atoms with Gasteiger partial charge >= 0.3 is 0 Å². The molecule has 0 bridgehead atoms. The molecule has 0 saturated carbocycles. The molecule has 1 N–H and O–H groups in total. The van der Waals surface area contributed by atoms with Crippen LogP contribution in [0.15, 0.2) is 73.3 Å². The van der Waals surface area contributed by atoms with Gasteiger partial charge in [0.25, 0.3) is 0 Å². The number of aryl methyl sites for hydroxylation is 1. The number of hydrogen-bond acceptors (Lipinski definition) is 7. The maximum atomic E-state index is 15.3. The zero-order chi connectivity index (χ0) is 23.5. The number of fused-ring (bicyclic) bond motifs is 1. The van der Waals surface area contributed by atoms with Gasteiger partial charge in [0.05, 0.1) is 23.8 Å². The van der Waals surface area contributed by atoms with E-state index in [0.717, 1.165) is 28.0 Å². The number of rotatable bonds is 6. The van der Waals surface area contributed by atoms with E-state index in [1.807, 2.05) is 37.3 Å². The molecule has 0 aliphatic heterocycles. The van der Waals surface area contributed by atoms with Gasteiger partial charge in [0.2, 0.25) is 0 Å². The second-order valence-electron chi connectivity index (χ2n) is 7.69. The molecular formula is C26H21FN6O. The lowest BCUT2D eigenvalue weighted by atomic mass is 10.1. The third-order valence-corrected chi connectivity index (χ3v) is 5.38. The highest BCUT2D eigenvalue weighted by Gasteiger charge is 2.14. The minimum absolute atomic E-state index is 0.137. The van der Waals surface area contributed by atoms with Gasteiger partial charge in [-0.25, -0.2) is 14.4 Å². The third kappa shape index (κ3) is 4.25. The number of aromatic nitrogens is 5. The fourth-order valence-electron chi connectivity index (χ4n) is 3.70. The van der Waals surface area contributed by atoms with Gasteiger partial charge in [0.15, 0.2) is 11.6 Å². The van der Waals surface area contributed by atoms with Crippen LogP contribution in [0.4, 0.5) is 10.2 Å². The summed E-state index contributed by atoms with van der Waals surface area (Å²) in [6.07, 6.45) is 6.74. The highest BCUT2D eigenvalue weighted by atomic mass is 19.1. The van der Waals surface area contributed by atoms with E-state index in [0.29, 0.717) is 29.1 Å². The molecule has 5 aromatic heterocycles. The summed E-state index contributed by atoms with van der Waals surface area (Å²) in [5, 5.41) is 3.06. The Morgan fingerprint density at radius 2 is 1.79 bits per heavy atom. The molecule has 0 unspecified atom stereocenters. The van der Waals surface area contributed by atoms with E-state index in [-0.39, 0.29) is 5.82 Å². The summed E-state index contributed by atoms with van der Waals surface area (Å²) < 4.78 is 20.9. The average molecular weight is 452 g/mol. The second kappa shape index (κ2) is 9.19. The Balaban J connectivity index is 1.39. The number of anilines is 1. The summed E-state index contributed by atoms with van der Waals surface area (Å²) in [6.45, 7) is 2.25. The normalized spacial score (nSPS) is 10.9. The van der Waals surface area contributed by atoms with Crippen molar-refractivity contribution in [1.29, 1.82) is 0 Å². The number of hydrogen-bond donors (Lipinski definition) is 1. The van der Waals surface area contributed by atoms with Crippen LogP contribution in [-0.2, 0) is 6.54 Å². The number of methoxy groups -OCH3 is 1. The first kappa shape index (κ1) is 21.4. The van der Waals surface area contributed by atoms with Crippen LogP contribution < -0.4 is 10.1 Å². The van der Waals surface area contributed by atoms with Crippen LogP contribution in [0.1, 0.15) is 11.3 Å². The molecule has 0 amide bonds. The van der Waals surface area contributed by atoms with Crippen LogP contribution in [0, 0.1) is 12.7 Å². The highest BCUT2D eigenvalue weighted by Crippen LogP contribution is 2.30.